The maximum absolute atomic E-state index is 10.9. The quantitative estimate of drug-likeness (QED) is 0.646. The Labute approximate surface area is 71.3 Å². The Morgan fingerprint density at radius 3 is 3.08 bits per heavy atom. The molecule has 1 aromatic rings. The molecule has 66 valence electrons. The lowest BCUT2D eigenvalue weighted by molar-refractivity contribution is -0.144. The molecule has 1 aromatic heterocycles. The van der Waals surface area contributed by atoms with Gasteiger partial charge in [-0.15, -0.1) is 0 Å². The van der Waals surface area contributed by atoms with Crippen molar-refractivity contribution in [2.75, 3.05) is 0 Å². The Morgan fingerprint density at radius 2 is 2.50 bits per heavy atom. The van der Waals surface area contributed by atoms with Crippen molar-refractivity contribution in [3.8, 4) is 0 Å². The lowest BCUT2D eigenvalue weighted by atomic mass is 10.3. The van der Waals surface area contributed by atoms with Gasteiger partial charge in [-0.1, -0.05) is 6.92 Å². The Bertz CT molecular complexity index is 226. The summed E-state index contributed by atoms with van der Waals surface area (Å²) in [4.78, 5) is 10.9. The standard InChI is InChI=1S/C9H12O3/c1-2-3-9(10)12-7-8-4-5-11-6-8/h4-6H,2-3,7H2,1H3. The molecule has 3 heteroatoms. The molecule has 0 bridgehead atoms. The highest BCUT2D eigenvalue weighted by atomic mass is 16.5. The van der Waals surface area contributed by atoms with Gasteiger partial charge in [-0.3, -0.25) is 4.79 Å². The summed E-state index contributed by atoms with van der Waals surface area (Å²) in [7, 11) is 0. The SMILES string of the molecule is CCCC(=O)OCc1ccoc1. The molecule has 3 nitrogen and oxygen atoms in total. The molecule has 0 spiro atoms. The predicted molar refractivity (Wildman–Crippen MR) is 43.4 cm³/mol. The number of carbonyl (C=O) groups excluding carboxylic acids is 1. The van der Waals surface area contributed by atoms with E-state index in [0.717, 1.165) is 12.0 Å². The average molecular weight is 168 g/mol. The van der Waals surface area contributed by atoms with Crippen LogP contribution in [0.1, 0.15) is 25.3 Å². The van der Waals surface area contributed by atoms with E-state index in [1.165, 1.54) is 0 Å². The van der Waals surface area contributed by atoms with E-state index in [-0.39, 0.29) is 5.97 Å². The normalized spacial score (nSPS) is 9.75. The Kier molecular flexibility index (Phi) is 3.38. The van der Waals surface area contributed by atoms with Crippen molar-refractivity contribution in [3.63, 3.8) is 0 Å². The topological polar surface area (TPSA) is 39.4 Å². The fourth-order valence-electron chi connectivity index (χ4n) is 0.815. The largest absolute Gasteiger partial charge is 0.472 e. The predicted octanol–water partition coefficient (Wildman–Crippen LogP) is 2.12. The van der Waals surface area contributed by atoms with Crippen LogP contribution in [0.2, 0.25) is 0 Å². The van der Waals surface area contributed by atoms with E-state index in [1.807, 2.05) is 6.92 Å². The summed E-state index contributed by atoms with van der Waals surface area (Å²) in [6.45, 7) is 2.26. The first-order valence-corrected chi connectivity index (χ1v) is 3.99. The van der Waals surface area contributed by atoms with Crippen LogP contribution in [0, 0.1) is 0 Å². The summed E-state index contributed by atoms with van der Waals surface area (Å²) in [5.41, 5.74) is 0.888. The summed E-state index contributed by atoms with van der Waals surface area (Å²) < 4.78 is 9.74. The highest BCUT2D eigenvalue weighted by Crippen LogP contribution is 2.03. The van der Waals surface area contributed by atoms with Crippen molar-refractivity contribution in [2.45, 2.75) is 26.4 Å². The summed E-state index contributed by atoms with van der Waals surface area (Å²) in [6, 6.07) is 1.78. The van der Waals surface area contributed by atoms with Gasteiger partial charge in [-0.25, -0.2) is 0 Å². The second-order valence-electron chi connectivity index (χ2n) is 2.54. The van der Waals surface area contributed by atoms with Gasteiger partial charge in [-0.05, 0) is 12.5 Å². The Morgan fingerprint density at radius 1 is 1.67 bits per heavy atom. The molecule has 0 radical (unpaired) electrons. The molecule has 0 amide bonds. The first-order chi connectivity index (χ1) is 5.83. The van der Waals surface area contributed by atoms with E-state index in [9.17, 15) is 4.79 Å². The molecule has 0 saturated heterocycles. The van der Waals surface area contributed by atoms with Crippen molar-refractivity contribution < 1.29 is 13.9 Å². The first-order valence-electron chi connectivity index (χ1n) is 3.99. The molecule has 0 N–H and O–H groups in total. The van der Waals surface area contributed by atoms with Crippen LogP contribution in [0.5, 0.6) is 0 Å². The summed E-state index contributed by atoms with van der Waals surface area (Å²) >= 11 is 0. The molecule has 0 unspecified atom stereocenters. The highest BCUT2D eigenvalue weighted by Gasteiger charge is 2.01. The lowest BCUT2D eigenvalue weighted by Gasteiger charge is -2.00. The van der Waals surface area contributed by atoms with Crippen LogP contribution in [-0.2, 0) is 16.1 Å². The van der Waals surface area contributed by atoms with E-state index in [0.29, 0.717) is 13.0 Å². The summed E-state index contributed by atoms with van der Waals surface area (Å²) in [5, 5.41) is 0. The Balaban J connectivity index is 2.22. The molecule has 0 atom stereocenters. The van der Waals surface area contributed by atoms with Crippen LogP contribution < -0.4 is 0 Å². The number of rotatable bonds is 4. The molecule has 0 saturated carbocycles. The van der Waals surface area contributed by atoms with Crippen LogP contribution in [-0.4, -0.2) is 5.97 Å². The minimum atomic E-state index is -0.154. The summed E-state index contributed by atoms with van der Waals surface area (Å²) in [6.07, 6.45) is 4.43. The third-order valence-electron chi connectivity index (χ3n) is 1.43. The molecule has 0 aromatic carbocycles. The van der Waals surface area contributed by atoms with Crippen molar-refractivity contribution in [3.05, 3.63) is 24.2 Å². The van der Waals surface area contributed by atoms with E-state index in [1.54, 1.807) is 18.6 Å². The maximum Gasteiger partial charge on any atom is 0.306 e. The van der Waals surface area contributed by atoms with Crippen LogP contribution >= 0.6 is 0 Å². The fraction of sp³-hybridized carbons (Fsp3) is 0.444. The van der Waals surface area contributed by atoms with E-state index in [4.69, 9.17) is 9.15 Å². The lowest BCUT2D eigenvalue weighted by Crippen LogP contribution is -2.02. The smallest absolute Gasteiger partial charge is 0.306 e. The fourth-order valence-corrected chi connectivity index (χ4v) is 0.815. The van der Waals surface area contributed by atoms with Crippen LogP contribution in [0.25, 0.3) is 0 Å². The molecular formula is C9H12O3. The number of ether oxygens (including phenoxy) is 1. The third-order valence-corrected chi connectivity index (χ3v) is 1.43. The average Bonchev–Trinajstić information content (AvgIpc) is 2.53. The van der Waals surface area contributed by atoms with Crippen LogP contribution in [0.15, 0.2) is 23.0 Å². The number of hydrogen-bond acceptors (Lipinski definition) is 3. The minimum absolute atomic E-state index is 0.154. The number of esters is 1. The van der Waals surface area contributed by atoms with E-state index >= 15 is 0 Å². The van der Waals surface area contributed by atoms with Gasteiger partial charge in [0.15, 0.2) is 0 Å². The van der Waals surface area contributed by atoms with Gasteiger partial charge in [0.05, 0.1) is 12.5 Å². The first kappa shape index (κ1) is 8.84. The monoisotopic (exact) mass is 168 g/mol. The molecule has 0 fully saturated rings. The second-order valence-corrected chi connectivity index (χ2v) is 2.54. The van der Waals surface area contributed by atoms with Gasteiger partial charge in [0.25, 0.3) is 0 Å². The zero-order chi connectivity index (χ0) is 8.81. The zero-order valence-corrected chi connectivity index (χ0v) is 7.08. The van der Waals surface area contributed by atoms with Gasteiger partial charge in [-0.2, -0.15) is 0 Å². The molecule has 0 aliphatic rings. The van der Waals surface area contributed by atoms with Crippen molar-refractivity contribution in [1.29, 1.82) is 0 Å². The molecular weight excluding hydrogens is 156 g/mol. The zero-order valence-electron chi connectivity index (χ0n) is 7.08. The van der Waals surface area contributed by atoms with Crippen molar-refractivity contribution in [2.24, 2.45) is 0 Å². The summed E-state index contributed by atoms with van der Waals surface area (Å²) in [5.74, 6) is -0.154. The van der Waals surface area contributed by atoms with E-state index < -0.39 is 0 Å². The van der Waals surface area contributed by atoms with Gasteiger partial charge >= 0.3 is 5.97 Å². The number of carbonyl (C=O) groups is 1. The van der Waals surface area contributed by atoms with Crippen molar-refractivity contribution >= 4 is 5.97 Å². The van der Waals surface area contributed by atoms with Gasteiger partial charge in [0.1, 0.15) is 6.61 Å². The Hall–Kier alpha value is -1.25. The second kappa shape index (κ2) is 4.59. The maximum atomic E-state index is 10.9. The molecule has 12 heavy (non-hydrogen) atoms. The molecule has 1 rings (SSSR count). The third kappa shape index (κ3) is 2.78. The van der Waals surface area contributed by atoms with Gasteiger partial charge < -0.3 is 9.15 Å². The highest BCUT2D eigenvalue weighted by molar-refractivity contribution is 5.69. The number of hydrogen-bond donors (Lipinski definition) is 0. The van der Waals surface area contributed by atoms with Crippen molar-refractivity contribution in [1.82, 2.24) is 0 Å². The van der Waals surface area contributed by atoms with Gasteiger partial charge in [0.2, 0.25) is 0 Å². The molecule has 0 aliphatic heterocycles. The van der Waals surface area contributed by atoms with Gasteiger partial charge in [0, 0.05) is 12.0 Å². The number of furan rings is 1. The molecule has 0 aliphatic carbocycles. The van der Waals surface area contributed by atoms with Crippen LogP contribution in [0.4, 0.5) is 0 Å². The molecule has 1 heterocycles. The minimum Gasteiger partial charge on any atom is -0.472 e. The van der Waals surface area contributed by atoms with Crippen LogP contribution in [0.3, 0.4) is 0 Å². The van der Waals surface area contributed by atoms with E-state index in [2.05, 4.69) is 0 Å².